The highest BCUT2D eigenvalue weighted by molar-refractivity contribution is 6.20. The molecular formula is C13H26ClN. The van der Waals surface area contributed by atoms with Gasteiger partial charge in [0.2, 0.25) is 0 Å². The first-order valence-electron chi connectivity index (χ1n) is 6.56. The summed E-state index contributed by atoms with van der Waals surface area (Å²) in [6, 6.07) is 0.737. The van der Waals surface area contributed by atoms with Crippen LogP contribution >= 0.6 is 11.6 Å². The topological polar surface area (TPSA) is 12.0 Å². The molecule has 0 aliphatic heterocycles. The Morgan fingerprint density at radius 2 is 1.73 bits per heavy atom. The van der Waals surface area contributed by atoms with Gasteiger partial charge in [0.15, 0.2) is 0 Å². The molecule has 1 aliphatic carbocycles. The summed E-state index contributed by atoms with van der Waals surface area (Å²) in [5, 5.41) is 3.95. The predicted octanol–water partition coefficient (Wildman–Crippen LogP) is 3.95. The van der Waals surface area contributed by atoms with E-state index >= 15 is 0 Å². The Hall–Kier alpha value is 0.250. The molecule has 0 aromatic carbocycles. The minimum Gasteiger partial charge on any atom is -0.313 e. The summed E-state index contributed by atoms with van der Waals surface area (Å²) in [6.07, 6.45) is 9.48. The Balaban J connectivity index is 2.11. The SMILES string of the molecule is CC(C)CC(Cl)CNC1CCCCCC1. The third-order valence-corrected chi connectivity index (χ3v) is 3.54. The summed E-state index contributed by atoms with van der Waals surface area (Å²) in [7, 11) is 0. The lowest BCUT2D eigenvalue weighted by atomic mass is 10.1. The molecule has 0 radical (unpaired) electrons. The van der Waals surface area contributed by atoms with Crippen LogP contribution in [0.25, 0.3) is 0 Å². The summed E-state index contributed by atoms with van der Waals surface area (Å²) < 4.78 is 0. The minimum atomic E-state index is 0.313. The van der Waals surface area contributed by atoms with E-state index in [4.69, 9.17) is 11.6 Å². The summed E-state index contributed by atoms with van der Waals surface area (Å²) in [5.41, 5.74) is 0. The third-order valence-electron chi connectivity index (χ3n) is 3.21. The maximum atomic E-state index is 6.27. The molecule has 15 heavy (non-hydrogen) atoms. The van der Waals surface area contributed by atoms with Crippen molar-refractivity contribution in [3.05, 3.63) is 0 Å². The van der Waals surface area contributed by atoms with E-state index in [0.717, 1.165) is 19.0 Å². The van der Waals surface area contributed by atoms with Crippen LogP contribution in [0.3, 0.4) is 0 Å². The maximum absolute atomic E-state index is 6.27. The van der Waals surface area contributed by atoms with Crippen molar-refractivity contribution in [2.24, 2.45) is 5.92 Å². The van der Waals surface area contributed by atoms with Gasteiger partial charge in [-0.2, -0.15) is 0 Å². The van der Waals surface area contributed by atoms with Crippen molar-refractivity contribution in [3.8, 4) is 0 Å². The zero-order valence-corrected chi connectivity index (χ0v) is 11.0. The van der Waals surface area contributed by atoms with E-state index in [9.17, 15) is 0 Å². The fraction of sp³-hybridized carbons (Fsp3) is 1.00. The largest absolute Gasteiger partial charge is 0.313 e. The molecule has 0 bridgehead atoms. The van der Waals surface area contributed by atoms with Gasteiger partial charge in [-0.15, -0.1) is 11.6 Å². The van der Waals surface area contributed by atoms with Crippen LogP contribution in [0.2, 0.25) is 0 Å². The van der Waals surface area contributed by atoms with Gasteiger partial charge < -0.3 is 5.32 Å². The highest BCUT2D eigenvalue weighted by Crippen LogP contribution is 2.18. The van der Waals surface area contributed by atoms with E-state index in [-0.39, 0.29) is 0 Å². The van der Waals surface area contributed by atoms with Gasteiger partial charge in [0.25, 0.3) is 0 Å². The monoisotopic (exact) mass is 231 g/mol. The van der Waals surface area contributed by atoms with Crippen molar-refractivity contribution in [1.82, 2.24) is 5.32 Å². The zero-order chi connectivity index (χ0) is 11.1. The number of halogens is 1. The van der Waals surface area contributed by atoms with Gasteiger partial charge in [-0.3, -0.25) is 0 Å². The number of rotatable bonds is 5. The first-order chi connectivity index (χ1) is 7.18. The Morgan fingerprint density at radius 1 is 1.13 bits per heavy atom. The molecule has 0 spiro atoms. The van der Waals surface area contributed by atoms with Crippen molar-refractivity contribution in [2.75, 3.05) is 6.54 Å². The molecule has 1 N–H and O–H groups in total. The van der Waals surface area contributed by atoms with Crippen LogP contribution in [-0.2, 0) is 0 Å². The second-order valence-corrected chi connectivity index (χ2v) is 5.94. The van der Waals surface area contributed by atoms with E-state index < -0.39 is 0 Å². The summed E-state index contributed by atoms with van der Waals surface area (Å²) in [4.78, 5) is 0. The van der Waals surface area contributed by atoms with Gasteiger partial charge in [0.05, 0.1) is 0 Å². The summed E-state index contributed by atoms with van der Waals surface area (Å²) >= 11 is 6.27. The molecule has 1 fully saturated rings. The van der Waals surface area contributed by atoms with E-state index in [1.807, 2.05) is 0 Å². The molecule has 0 aromatic heterocycles. The summed E-state index contributed by atoms with van der Waals surface area (Å²) in [6.45, 7) is 5.46. The van der Waals surface area contributed by atoms with Gasteiger partial charge in [0, 0.05) is 18.0 Å². The van der Waals surface area contributed by atoms with Crippen molar-refractivity contribution in [3.63, 3.8) is 0 Å². The van der Waals surface area contributed by atoms with Crippen LogP contribution in [0.5, 0.6) is 0 Å². The van der Waals surface area contributed by atoms with Gasteiger partial charge in [-0.25, -0.2) is 0 Å². The molecule has 1 atom stereocenters. The molecule has 2 heteroatoms. The van der Waals surface area contributed by atoms with Crippen LogP contribution in [0.1, 0.15) is 58.8 Å². The quantitative estimate of drug-likeness (QED) is 0.558. The lowest BCUT2D eigenvalue weighted by Crippen LogP contribution is -2.33. The van der Waals surface area contributed by atoms with Crippen molar-refractivity contribution < 1.29 is 0 Å². The van der Waals surface area contributed by atoms with Crippen LogP contribution in [0.4, 0.5) is 0 Å². The van der Waals surface area contributed by atoms with Crippen LogP contribution in [-0.4, -0.2) is 18.0 Å². The second kappa shape index (κ2) is 7.51. The van der Waals surface area contributed by atoms with Crippen molar-refractivity contribution >= 4 is 11.6 Å². The number of alkyl halides is 1. The van der Waals surface area contributed by atoms with Gasteiger partial charge in [-0.1, -0.05) is 39.5 Å². The smallest absolute Gasteiger partial charge is 0.0463 e. The second-order valence-electron chi connectivity index (χ2n) is 5.32. The Labute approximate surface area is 100.0 Å². The Morgan fingerprint density at radius 3 is 2.27 bits per heavy atom. The fourth-order valence-electron chi connectivity index (χ4n) is 2.37. The Kier molecular flexibility index (Phi) is 6.67. The molecule has 0 heterocycles. The Bertz CT molecular complexity index is 151. The molecule has 1 nitrogen and oxygen atoms in total. The van der Waals surface area contributed by atoms with Gasteiger partial charge in [0.1, 0.15) is 0 Å². The van der Waals surface area contributed by atoms with E-state index in [0.29, 0.717) is 11.3 Å². The highest BCUT2D eigenvalue weighted by Gasteiger charge is 2.13. The molecule has 1 rings (SSSR count). The van der Waals surface area contributed by atoms with Gasteiger partial charge in [-0.05, 0) is 25.2 Å². The molecule has 1 aliphatic rings. The number of hydrogen-bond acceptors (Lipinski definition) is 1. The molecule has 90 valence electrons. The van der Waals surface area contributed by atoms with Crippen LogP contribution in [0, 0.1) is 5.92 Å². The molecule has 1 saturated carbocycles. The maximum Gasteiger partial charge on any atom is 0.0463 e. The number of hydrogen-bond donors (Lipinski definition) is 1. The third kappa shape index (κ3) is 6.42. The van der Waals surface area contributed by atoms with Crippen LogP contribution in [0.15, 0.2) is 0 Å². The number of nitrogens with one attached hydrogen (secondary N) is 1. The molecule has 0 saturated heterocycles. The minimum absolute atomic E-state index is 0.313. The van der Waals surface area contributed by atoms with Crippen molar-refractivity contribution in [2.45, 2.75) is 70.2 Å². The highest BCUT2D eigenvalue weighted by atomic mass is 35.5. The lowest BCUT2D eigenvalue weighted by Gasteiger charge is -2.19. The van der Waals surface area contributed by atoms with Gasteiger partial charge >= 0.3 is 0 Å². The van der Waals surface area contributed by atoms with Crippen LogP contribution < -0.4 is 5.32 Å². The first kappa shape index (κ1) is 13.3. The molecule has 0 aromatic rings. The van der Waals surface area contributed by atoms with Crippen molar-refractivity contribution in [1.29, 1.82) is 0 Å². The average molecular weight is 232 g/mol. The molecule has 0 amide bonds. The fourth-order valence-corrected chi connectivity index (χ4v) is 2.82. The lowest BCUT2D eigenvalue weighted by molar-refractivity contribution is 0.440. The molecule has 1 unspecified atom stereocenters. The van der Waals surface area contributed by atoms with E-state index in [1.165, 1.54) is 38.5 Å². The average Bonchev–Trinajstić information content (AvgIpc) is 2.41. The first-order valence-corrected chi connectivity index (χ1v) is 6.99. The predicted molar refractivity (Wildman–Crippen MR) is 68.6 cm³/mol. The zero-order valence-electron chi connectivity index (χ0n) is 10.3. The summed E-state index contributed by atoms with van der Waals surface area (Å²) in [5.74, 6) is 0.712. The molecular weight excluding hydrogens is 206 g/mol. The van der Waals surface area contributed by atoms with E-state index in [2.05, 4.69) is 19.2 Å². The van der Waals surface area contributed by atoms with E-state index in [1.54, 1.807) is 0 Å². The standard InChI is InChI=1S/C13H26ClN/c1-11(2)9-12(14)10-15-13-7-5-3-4-6-8-13/h11-13,15H,3-10H2,1-2H3. The normalized spacial score (nSPS) is 21.6.